The van der Waals surface area contributed by atoms with Gasteiger partial charge in [0.25, 0.3) is 0 Å². The van der Waals surface area contributed by atoms with Gasteiger partial charge in [-0.25, -0.2) is 0 Å². The van der Waals surface area contributed by atoms with Crippen LogP contribution in [0.4, 0.5) is 5.69 Å². The van der Waals surface area contributed by atoms with E-state index >= 15 is 0 Å². The first-order valence-corrected chi connectivity index (χ1v) is 7.28. The standard InChI is InChI=1S/C17H18N2S/c1-11-8-14(6-7-15(11)17(18)20)19-10-13-9-12-4-2-3-5-16(12)13/h2-8,13,19H,9-10H2,1H3,(H2,18,20). The van der Waals surface area contributed by atoms with Crippen LogP contribution < -0.4 is 11.1 Å². The molecule has 0 radical (unpaired) electrons. The summed E-state index contributed by atoms with van der Waals surface area (Å²) in [6.45, 7) is 3.02. The monoisotopic (exact) mass is 282 g/mol. The Hall–Kier alpha value is -1.87. The summed E-state index contributed by atoms with van der Waals surface area (Å²) in [5.74, 6) is 0.627. The van der Waals surface area contributed by atoms with E-state index in [1.54, 1.807) is 0 Å². The summed E-state index contributed by atoms with van der Waals surface area (Å²) in [6, 6.07) is 14.8. The van der Waals surface area contributed by atoms with Gasteiger partial charge in [0.1, 0.15) is 4.99 Å². The Labute approximate surface area is 125 Å². The van der Waals surface area contributed by atoms with E-state index in [1.807, 2.05) is 19.1 Å². The maximum atomic E-state index is 5.68. The highest BCUT2D eigenvalue weighted by molar-refractivity contribution is 7.80. The van der Waals surface area contributed by atoms with Crippen molar-refractivity contribution in [2.75, 3.05) is 11.9 Å². The molecule has 0 amide bonds. The number of hydrogen-bond donors (Lipinski definition) is 2. The third kappa shape index (κ3) is 2.41. The molecule has 0 bridgehead atoms. The van der Waals surface area contributed by atoms with Crippen LogP contribution in [-0.4, -0.2) is 11.5 Å². The van der Waals surface area contributed by atoms with E-state index in [0.29, 0.717) is 10.9 Å². The molecule has 1 aliphatic rings. The smallest absolute Gasteiger partial charge is 0.104 e. The second-order valence-corrected chi connectivity index (χ2v) is 5.81. The average Bonchev–Trinajstić information content (AvgIpc) is 2.39. The van der Waals surface area contributed by atoms with Gasteiger partial charge in [0.05, 0.1) is 0 Å². The molecule has 0 aliphatic heterocycles. The zero-order valence-electron chi connectivity index (χ0n) is 11.5. The predicted octanol–water partition coefficient (Wildman–Crippen LogP) is 3.38. The lowest BCUT2D eigenvalue weighted by molar-refractivity contribution is 0.636. The lowest BCUT2D eigenvalue weighted by atomic mass is 9.77. The minimum atomic E-state index is 0.460. The van der Waals surface area contributed by atoms with Gasteiger partial charge in [-0.1, -0.05) is 36.5 Å². The number of fused-ring (bicyclic) bond motifs is 1. The summed E-state index contributed by atoms with van der Waals surface area (Å²) in [4.78, 5) is 0.460. The molecule has 102 valence electrons. The maximum absolute atomic E-state index is 5.68. The molecule has 1 unspecified atom stereocenters. The van der Waals surface area contributed by atoms with Crippen molar-refractivity contribution in [3.8, 4) is 0 Å². The van der Waals surface area contributed by atoms with Gasteiger partial charge in [-0.05, 0) is 48.2 Å². The zero-order valence-corrected chi connectivity index (χ0v) is 12.3. The number of rotatable bonds is 4. The van der Waals surface area contributed by atoms with Crippen LogP contribution >= 0.6 is 12.2 Å². The van der Waals surface area contributed by atoms with Crippen molar-refractivity contribution in [2.45, 2.75) is 19.3 Å². The Bertz CT molecular complexity index is 664. The first-order valence-electron chi connectivity index (χ1n) is 6.87. The van der Waals surface area contributed by atoms with Crippen LogP contribution in [-0.2, 0) is 6.42 Å². The largest absolute Gasteiger partial charge is 0.389 e. The maximum Gasteiger partial charge on any atom is 0.104 e. The van der Waals surface area contributed by atoms with Gasteiger partial charge >= 0.3 is 0 Å². The average molecular weight is 282 g/mol. The molecule has 2 aromatic carbocycles. The zero-order chi connectivity index (χ0) is 14.1. The third-order valence-corrected chi connectivity index (χ3v) is 4.23. The second kappa shape index (κ2) is 5.25. The van der Waals surface area contributed by atoms with Gasteiger partial charge in [-0.15, -0.1) is 0 Å². The molecule has 3 rings (SSSR count). The van der Waals surface area contributed by atoms with Gasteiger partial charge in [0.15, 0.2) is 0 Å². The molecule has 0 aromatic heterocycles. The fraction of sp³-hybridized carbons (Fsp3) is 0.235. The molecule has 20 heavy (non-hydrogen) atoms. The Morgan fingerprint density at radius 2 is 2.10 bits per heavy atom. The van der Waals surface area contributed by atoms with Crippen LogP contribution in [0.5, 0.6) is 0 Å². The minimum absolute atomic E-state index is 0.460. The van der Waals surface area contributed by atoms with Crippen molar-refractivity contribution in [3.63, 3.8) is 0 Å². The molecule has 0 saturated heterocycles. The molecule has 2 nitrogen and oxygen atoms in total. The molecular formula is C17H18N2S. The van der Waals surface area contributed by atoms with Crippen molar-refractivity contribution >= 4 is 22.9 Å². The molecule has 0 spiro atoms. The van der Waals surface area contributed by atoms with Gasteiger partial charge in [0.2, 0.25) is 0 Å². The van der Waals surface area contributed by atoms with Crippen molar-refractivity contribution < 1.29 is 0 Å². The van der Waals surface area contributed by atoms with Crippen LogP contribution in [0.3, 0.4) is 0 Å². The molecule has 0 heterocycles. The summed E-state index contributed by atoms with van der Waals surface area (Å²) in [6.07, 6.45) is 1.17. The predicted molar refractivity (Wildman–Crippen MR) is 88.4 cm³/mol. The van der Waals surface area contributed by atoms with Crippen LogP contribution in [0.2, 0.25) is 0 Å². The number of aryl methyl sites for hydroxylation is 1. The molecule has 2 aromatic rings. The number of anilines is 1. The van der Waals surface area contributed by atoms with Crippen molar-refractivity contribution in [1.82, 2.24) is 0 Å². The van der Waals surface area contributed by atoms with Gasteiger partial charge in [0, 0.05) is 23.7 Å². The van der Waals surface area contributed by atoms with E-state index in [-0.39, 0.29) is 0 Å². The molecule has 3 heteroatoms. The van der Waals surface area contributed by atoms with E-state index in [2.05, 4.69) is 35.6 Å². The SMILES string of the molecule is Cc1cc(NCC2Cc3ccccc32)ccc1C(N)=S. The number of nitrogens with one attached hydrogen (secondary N) is 1. The first-order chi connectivity index (χ1) is 9.65. The van der Waals surface area contributed by atoms with E-state index in [9.17, 15) is 0 Å². The third-order valence-electron chi connectivity index (χ3n) is 4.01. The first kappa shape index (κ1) is 13.1. The Morgan fingerprint density at radius 1 is 1.30 bits per heavy atom. The lowest BCUT2D eigenvalue weighted by Gasteiger charge is -2.30. The quantitative estimate of drug-likeness (QED) is 0.844. The number of nitrogens with two attached hydrogens (primary N) is 1. The topological polar surface area (TPSA) is 38.0 Å². The number of thiocarbonyl (C=S) groups is 1. The van der Waals surface area contributed by atoms with Crippen molar-refractivity contribution in [1.29, 1.82) is 0 Å². The Kier molecular flexibility index (Phi) is 3.45. The normalized spacial score (nSPS) is 16.1. The number of hydrogen-bond acceptors (Lipinski definition) is 2. The van der Waals surface area contributed by atoms with Crippen molar-refractivity contribution in [2.24, 2.45) is 5.73 Å². The molecule has 3 N–H and O–H groups in total. The van der Waals surface area contributed by atoms with Crippen LogP contribution in [0.15, 0.2) is 42.5 Å². The van der Waals surface area contributed by atoms with Crippen molar-refractivity contribution in [3.05, 3.63) is 64.7 Å². The summed E-state index contributed by atoms with van der Waals surface area (Å²) < 4.78 is 0. The fourth-order valence-corrected chi connectivity index (χ4v) is 3.06. The highest BCUT2D eigenvalue weighted by Gasteiger charge is 2.24. The number of benzene rings is 2. The molecular weight excluding hydrogens is 264 g/mol. The van der Waals surface area contributed by atoms with E-state index in [0.717, 1.165) is 23.4 Å². The lowest BCUT2D eigenvalue weighted by Crippen LogP contribution is -2.24. The summed E-state index contributed by atoms with van der Waals surface area (Å²) in [5, 5.41) is 3.51. The van der Waals surface area contributed by atoms with Gasteiger partial charge in [-0.3, -0.25) is 0 Å². The minimum Gasteiger partial charge on any atom is -0.389 e. The Balaban J connectivity index is 1.66. The summed E-state index contributed by atoms with van der Waals surface area (Å²) in [5.41, 5.74) is 11.9. The highest BCUT2D eigenvalue weighted by atomic mass is 32.1. The van der Waals surface area contributed by atoms with Gasteiger partial charge < -0.3 is 11.1 Å². The molecule has 1 aliphatic carbocycles. The highest BCUT2D eigenvalue weighted by Crippen LogP contribution is 2.34. The summed E-state index contributed by atoms with van der Waals surface area (Å²) in [7, 11) is 0. The van der Waals surface area contributed by atoms with Crippen LogP contribution in [0.1, 0.15) is 28.2 Å². The van der Waals surface area contributed by atoms with E-state index in [1.165, 1.54) is 17.5 Å². The fourth-order valence-electron chi connectivity index (χ4n) is 2.84. The van der Waals surface area contributed by atoms with E-state index in [4.69, 9.17) is 18.0 Å². The van der Waals surface area contributed by atoms with Crippen LogP contribution in [0, 0.1) is 6.92 Å². The molecule has 0 fully saturated rings. The Morgan fingerprint density at radius 3 is 2.80 bits per heavy atom. The van der Waals surface area contributed by atoms with Crippen LogP contribution in [0.25, 0.3) is 0 Å². The molecule has 0 saturated carbocycles. The van der Waals surface area contributed by atoms with Gasteiger partial charge in [-0.2, -0.15) is 0 Å². The second-order valence-electron chi connectivity index (χ2n) is 5.37. The molecule has 1 atom stereocenters. The van der Waals surface area contributed by atoms with E-state index < -0.39 is 0 Å². The summed E-state index contributed by atoms with van der Waals surface area (Å²) >= 11 is 5.03.